The first kappa shape index (κ1) is 22.3. The Morgan fingerprint density at radius 1 is 0.862 bits per heavy atom. The van der Waals surface area contributed by atoms with Gasteiger partial charge in [0.25, 0.3) is 0 Å². The number of nitrogens with zero attached hydrogens (tertiary/aromatic N) is 1. The van der Waals surface area contributed by atoms with Crippen molar-refractivity contribution in [3.05, 3.63) is 71.8 Å². The normalized spacial score (nSPS) is 21.3. The van der Waals surface area contributed by atoms with Crippen LogP contribution in [0.1, 0.15) is 56.1 Å². The van der Waals surface area contributed by atoms with Crippen LogP contribution < -0.4 is 0 Å². The highest BCUT2D eigenvalue weighted by Crippen LogP contribution is 2.38. The summed E-state index contributed by atoms with van der Waals surface area (Å²) in [5, 5.41) is 10.3. The van der Waals surface area contributed by atoms with Crippen LogP contribution in [0.2, 0.25) is 0 Å². The number of piperidine rings is 1. The lowest BCUT2D eigenvalue weighted by Gasteiger charge is -2.46. The van der Waals surface area contributed by atoms with E-state index in [4.69, 9.17) is 0 Å². The molecule has 1 saturated heterocycles. The van der Waals surface area contributed by atoms with Crippen LogP contribution in [0, 0.1) is 5.92 Å². The molecule has 0 spiro atoms. The zero-order chi connectivity index (χ0) is 19.2. The summed E-state index contributed by atoms with van der Waals surface area (Å²) in [6.07, 6.45) is 10.3. The van der Waals surface area contributed by atoms with Crippen LogP contribution in [0.4, 0.5) is 0 Å². The summed E-state index contributed by atoms with van der Waals surface area (Å²) in [5.74, 6) is 0.826. The van der Waals surface area contributed by atoms with Crippen LogP contribution in [0.15, 0.2) is 60.7 Å². The Kier molecular flexibility index (Phi) is 8.17. The van der Waals surface area contributed by atoms with Gasteiger partial charge in [-0.1, -0.05) is 79.9 Å². The molecule has 0 bridgehead atoms. The van der Waals surface area contributed by atoms with Gasteiger partial charge in [-0.15, -0.1) is 12.4 Å². The molecule has 1 aliphatic heterocycles. The van der Waals surface area contributed by atoms with Crippen LogP contribution >= 0.6 is 12.4 Å². The van der Waals surface area contributed by atoms with Gasteiger partial charge in [0.15, 0.2) is 0 Å². The van der Waals surface area contributed by atoms with Crippen molar-refractivity contribution >= 4 is 12.4 Å². The first-order valence-electron chi connectivity index (χ1n) is 11.3. The molecule has 1 aliphatic carbocycles. The van der Waals surface area contributed by atoms with E-state index in [1.54, 1.807) is 0 Å². The Bertz CT molecular complexity index is 706. The molecule has 1 N–H and O–H groups in total. The number of halogens is 1. The van der Waals surface area contributed by atoms with E-state index < -0.39 is 0 Å². The predicted octanol–water partition coefficient (Wildman–Crippen LogP) is 5.63. The maximum absolute atomic E-state index is 10.3. The number of rotatable bonds is 6. The SMILES string of the molecule is Cl.OCC1(c2ccccc2)CCN(C(Cc2ccccc2)C2CCCCC2)CC1. The Labute approximate surface area is 182 Å². The van der Waals surface area contributed by atoms with Crippen molar-refractivity contribution in [2.24, 2.45) is 5.92 Å². The minimum atomic E-state index is -0.0539. The summed E-state index contributed by atoms with van der Waals surface area (Å²) < 4.78 is 0. The lowest BCUT2D eigenvalue weighted by Crippen LogP contribution is -2.51. The average molecular weight is 414 g/mol. The Hall–Kier alpha value is -1.35. The topological polar surface area (TPSA) is 23.5 Å². The van der Waals surface area contributed by atoms with Gasteiger partial charge in [0, 0.05) is 11.5 Å². The van der Waals surface area contributed by atoms with E-state index in [9.17, 15) is 5.11 Å². The fraction of sp³-hybridized carbons (Fsp3) is 0.538. The molecule has 2 aromatic carbocycles. The fourth-order valence-electron chi connectivity index (χ4n) is 5.58. The third kappa shape index (κ3) is 5.23. The van der Waals surface area contributed by atoms with Crippen molar-refractivity contribution in [1.82, 2.24) is 4.90 Å². The van der Waals surface area contributed by atoms with Gasteiger partial charge in [-0.3, -0.25) is 4.90 Å². The zero-order valence-corrected chi connectivity index (χ0v) is 18.3. The third-order valence-corrected chi connectivity index (χ3v) is 7.39. The highest BCUT2D eigenvalue weighted by molar-refractivity contribution is 5.85. The molecule has 1 saturated carbocycles. The molecule has 1 atom stereocenters. The molecule has 2 nitrogen and oxygen atoms in total. The minimum absolute atomic E-state index is 0. The first-order valence-corrected chi connectivity index (χ1v) is 11.3. The molecule has 2 fully saturated rings. The lowest BCUT2D eigenvalue weighted by molar-refractivity contribution is 0.0470. The van der Waals surface area contributed by atoms with Gasteiger partial charge in [0.05, 0.1) is 6.61 Å². The van der Waals surface area contributed by atoms with Crippen molar-refractivity contribution in [3.8, 4) is 0 Å². The molecule has 1 unspecified atom stereocenters. The van der Waals surface area contributed by atoms with Gasteiger partial charge in [-0.2, -0.15) is 0 Å². The van der Waals surface area contributed by atoms with Crippen molar-refractivity contribution in [2.75, 3.05) is 19.7 Å². The maximum Gasteiger partial charge on any atom is 0.0528 e. The van der Waals surface area contributed by atoms with Gasteiger partial charge in [-0.05, 0) is 62.2 Å². The molecule has 4 rings (SSSR count). The van der Waals surface area contributed by atoms with Gasteiger partial charge >= 0.3 is 0 Å². The molecule has 3 heteroatoms. The van der Waals surface area contributed by atoms with Crippen molar-refractivity contribution in [1.29, 1.82) is 0 Å². The van der Waals surface area contributed by atoms with Gasteiger partial charge in [0.1, 0.15) is 0 Å². The summed E-state index contributed by atoms with van der Waals surface area (Å²) in [7, 11) is 0. The van der Waals surface area contributed by atoms with Crippen LogP contribution in [0.25, 0.3) is 0 Å². The summed E-state index contributed by atoms with van der Waals surface area (Å²) in [6.45, 7) is 2.46. The van der Waals surface area contributed by atoms with E-state index in [-0.39, 0.29) is 24.4 Å². The highest BCUT2D eigenvalue weighted by atomic mass is 35.5. The zero-order valence-electron chi connectivity index (χ0n) is 17.5. The molecule has 158 valence electrons. The number of likely N-dealkylation sites (tertiary alicyclic amines) is 1. The standard InChI is InChI=1S/C26H35NO.ClH/c28-21-26(24-14-8-3-9-15-24)16-18-27(19-17-26)25(23-12-6-2-7-13-23)20-22-10-4-1-5-11-22;/h1,3-5,8-11,14-15,23,25,28H,2,6-7,12-13,16-21H2;1H. The Morgan fingerprint density at radius 3 is 2.03 bits per heavy atom. The lowest BCUT2D eigenvalue weighted by atomic mass is 9.72. The molecule has 0 amide bonds. The van der Waals surface area contributed by atoms with Gasteiger partial charge < -0.3 is 5.11 Å². The number of benzene rings is 2. The molecule has 2 aliphatic rings. The number of aliphatic hydroxyl groups excluding tert-OH is 1. The molecule has 0 aromatic heterocycles. The van der Waals surface area contributed by atoms with E-state index in [0.717, 1.165) is 31.8 Å². The monoisotopic (exact) mass is 413 g/mol. The highest BCUT2D eigenvalue weighted by Gasteiger charge is 2.39. The van der Waals surface area contributed by atoms with Crippen LogP contribution in [-0.4, -0.2) is 35.7 Å². The van der Waals surface area contributed by atoms with Crippen molar-refractivity contribution in [2.45, 2.75) is 62.8 Å². The summed E-state index contributed by atoms with van der Waals surface area (Å²) in [4.78, 5) is 2.76. The quantitative estimate of drug-likeness (QED) is 0.663. The van der Waals surface area contributed by atoms with Crippen LogP contribution in [-0.2, 0) is 11.8 Å². The minimum Gasteiger partial charge on any atom is -0.395 e. The first-order chi connectivity index (χ1) is 13.8. The van der Waals surface area contributed by atoms with Crippen molar-refractivity contribution < 1.29 is 5.11 Å². The molecule has 1 heterocycles. The van der Waals surface area contributed by atoms with Crippen LogP contribution in [0.5, 0.6) is 0 Å². The summed E-state index contributed by atoms with van der Waals surface area (Å²) >= 11 is 0. The second-order valence-electron chi connectivity index (χ2n) is 9.00. The Morgan fingerprint density at radius 2 is 1.45 bits per heavy atom. The summed E-state index contributed by atoms with van der Waals surface area (Å²) in [6, 6.07) is 22.4. The number of aliphatic hydroxyl groups is 1. The van der Waals surface area contributed by atoms with E-state index in [1.807, 2.05) is 0 Å². The van der Waals surface area contributed by atoms with E-state index in [2.05, 4.69) is 65.6 Å². The third-order valence-electron chi connectivity index (χ3n) is 7.39. The van der Waals surface area contributed by atoms with E-state index in [1.165, 1.54) is 49.7 Å². The second kappa shape index (κ2) is 10.6. The molecule has 2 aromatic rings. The fourth-order valence-corrected chi connectivity index (χ4v) is 5.58. The van der Waals surface area contributed by atoms with E-state index >= 15 is 0 Å². The smallest absolute Gasteiger partial charge is 0.0528 e. The molecule has 0 radical (unpaired) electrons. The number of hydrogen-bond acceptors (Lipinski definition) is 2. The second-order valence-corrected chi connectivity index (χ2v) is 9.00. The van der Waals surface area contributed by atoms with Gasteiger partial charge in [-0.25, -0.2) is 0 Å². The maximum atomic E-state index is 10.3. The molecule has 29 heavy (non-hydrogen) atoms. The average Bonchev–Trinajstić information content (AvgIpc) is 2.79. The number of hydrogen-bond donors (Lipinski definition) is 1. The Balaban J connectivity index is 0.00000240. The van der Waals surface area contributed by atoms with E-state index in [0.29, 0.717) is 6.04 Å². The molecular weight excluding hydrogens is 378 g/mol. The largest absolute Gasteiger partial charge is 0.395 e. The molecular formula is C26H36ClNO. The summed E-state index contributed by atoms with van der Waals surface area (Å²) in [5.41, 5.74) is 2.73. The van der Waals surface area contributed by atoms with Crippen LogP contribution in [0.3, 0.4) is 0 Å². The predicted molar refractivity (Wildman–Crippen MR) is 124 cm³/mol. The van der Waals surface area contributed by atoms with Gasteiger partial charge in [0.2, 0.25) is 0 Å². The van der Waals surface area contributed by atoms with Crippen molar-refractivity contribution in [3.63, 3.8) is 0 Å².